The molecule has 0 bridgehead atoms. The lowest BCUT2D eigenvalue weighted by Gasteiger charge is -2.12. The number of likely N-dealkylation sites (N-methyl/N-ethyl adjacent to an activating group) is 1. The number of carbonyl (C=O) groups excluding carboxylic acids is 1. The zero-order chi connectivity index (χ0) is 18.7. The fourth-order valence-corrected chi connectivity index (χ4v) is 3.81. The number of benzene rings is 1. The van der Waals surface area contributed by atoms with Gasteiger partial charge in [-0.2, -0.15) is 0 Å². The maximum atomic E-state index is 12.9. The topological polar surface area (TPSA) is 54.8 Å². The molecule has 7 heteroatoms. The first-order valence-electron chi connectivity index (χ1n) is 8.09. The van der Waals surface area contributed by atoms with Gasteiger partial charge in [0.15, 0.2) is 10.3 Å². The molecule has 134 valence electrons. The number of pyridine rings is 1. The lowest BCUT2D eigenvalue weighted by molar-refractivity contribution is -0.122. The fraction of sp³-hybridized carbons (Fsp3) is 0.211. The van der Waals surface area contributed by atoms with E-state index in [0.29, 0.717) is 27.5 Å². The van der Waals surface area contributed by atoms with Gasteiger partial charge in [0.05, 0.1) is 12.0 Å². The van der Waals surface area contributed by atoms with E-state index in [4.69, 9.17) is 16.3 Å². The number of carbonyl (C=O) groups is 1. The minimum absolute atomic E-state index is 0.0513. The molecule has 2 heterocycles. The number of nitrogens with zero attached hydrogens (tertiary/aromatic N) is 3. The quantitative estimate of drug-likeness (QED) is 0.560. The van der Waals surface area contributed by atoms with Crippen LogP contribution in [0.1, 0.15) is 19.4 Å². The zero-order valence-electron chi connectivity index (χ0n) is 14.7. The predicted octanol–water partition coefficient (Wildman–Crippen LogP) is 4.76. The van der Waals surface area contributed by atoms with E-state index < -0.39 is 0 Å². The maximum absolute atomic E-state index is 12.9. The van der Waals surface area contributed by atoms with Gasteiger partial charge in [0.1, 0.15) is 11.4 Å². The molecule has 2 aromatic rings. The molecule has 1 saturated heterocycles. The number of hydrogen-bond donors (Lipinski definition) is 0. The van der Waals surface area contributed by atoms with Crippen molar-refractivity contribution in [3.8, 4) is 5.75 Å². The summed E-state index contributed by atoms with van der Waals surface area (Å²) in [6.45, 7) is 4.39. The van der Waals surface area contributed by atoms with E-state index in [1.54, 1.807) is 30.3 Å². The van der Waals surface area contributed by atoms with Gasteiger partial charge < -0.3 is 4.74 Å². The highest BCUT2D eigenvalue weighted by atomic mass is 35.5. The lowest BCUT2D eigenvalue weighted by atomic mass is 10.1. The Kier molecular flexibility index (Phi) is 5.64. The van der Waals surface area contributed by atoms with Crippen LogP contribution < -0.4 is 4.74 Å². The van der Waals surface area contributed by atoms with Crippen LogP contribution in [0.5, 0.6) is 5.75 Å². The van der Waals surface area contributed by atoms with Crippen molar-refractivity contribution in [2.45, 2.75) is 13.8 Å². The van der Waals surface area contributed by atoms with Crippen molar-refractivity contribution in [1.29, 1.82) is 0 Å². The van der Waals surface area contributed by atoms with Crippen LogP contribution in [0.3, 0.4) is 0 Å². The Morgan fingerprint density at radius 1 is 1.31 bits per heavy atom. The largest absolute Gasteiger partial charge is 0.497 e. The smallest absolute Gasteiger partial charge is 0.267 e. The Morgan fingerprint density at radius 2 is 2.04 bits per heavy atom. The van der Waals surface area contributed by atoms with Crippen molar-refractivity contribution in [3.05, 3.63) is 58.2 Å². The van der Waals surface area contributed by atoms with E-state index >= 15 is 0 Å². The van der Waals surface area contributed by atoms with Crippen molar-refractivity contribution >= 4 is 45.7 Å². The van der Waals surface area contributed by atoms with Crippen molar-refractivity contribution in [1.82, 2.24) is 9.88 Å². The number of halogens is 1. The van der Waals surface area contributed by atoms with Gasteiger partial charge in [-0.05, 0) is 61.0 Å². The number of hydrogen-bond acceptors (Lipinski definition) is 5. The minimum atomic E-state index is -0.0513. The summed E-state index contributed by atoms with van der Waals surface area (Å²) < 4.78 is 5.19. The van der Waals surface area contributed by atoms with E-state index in [1.165, 1.54) is 11.8 Å². The van der Waals surface area contributed by atoms with Gasteiger partial charge in [0.2, 0.25) is 0 Å². The Balaban J connectivity index is 1.99. The summed E-state index contributed by atoms with van der Waals surface area (Å²) in [5.41, 5.74) is 2.42. The monoisotopic (exact) mass is 387 g/mol. The third kappa shape index (κ3) is 3.61. The van der Waals surface area contributed by atoms with Crippen LogP contribution in [-0.2, 0) is 4.79 Å². The highest BCUT2D eigenvalue weighted by Gasteiger charge is 2.34. The Hall–Kier alpha value is -2.31. The van der Waals surface area contributed by atoms with Gasteiger partial charge in [0.25, 0.3) is 5.91 Å². The normalized spacial score (nSPS) is 17.8. The van der Waals surface area contributed by atoms with Gasteiger partial charge in [-0.15, -0.1) is 0 Å². The Bertz CT molecular complexity index is 894. The van der Waals surface area contributed by atoms with Gasteiger partial charge in [-0.25, -0.2) is 9.98 Å². The van der Waals surface area contributed by atoms with Crippen LogP contribution in [0.25, 0.3) is 5.57 Å². The second kappa shape index (κ2) is 7.93. The number of rotatable bonds is 4. The number of aromatic nitrogens is 1. The third-order valence-corrected chi connectivity index (χ3v) is 5.47. The molecule has 1 aliphatic heterocycles. The molecule has 1 amide bonds. The molecule has 0 radical (unpaired) electrons. The zero-order valence-corrected chi connectivity index (χ0v) is 16.3. The summed E-state index contributed by atoms with van der Waals surface area (Å²) in [6.07, 6.45) is 1.61. The molecular weight excluding hydrogens is 370 g/mol. The highest BCUT2D eigenvalue weighted by Crippen LogP contribution is 2.38. The molecule has 1 aromatic heterocycles. The van der Waals surface area contributed by atoms with E-state index in [1.807, 2.05) is 38.1 Å². The van der Waals surface area contributed by atoms with Crippen molar-refractivity contribution in [3.63, 3.8) is 0 Å². The molecule has 3 rings (SSSR count). The first kappa shape index (κ1) is 18.5. The maximum Gasteiger partial charge on any atom is 0.267 e. The van der Waals surface area contributed by atoms with Crippen molar-refractivity contribution in [2.24, 2.45) is 4.99 Å². The predicted molar refractivity (Wildman–Crippen MR) is 107 cm³/mol. The summed E-state index contributed by atoms with van der Waals surface area (Å²) in [5, 5.41) is 0.920. The second-order valence-electron chi connectivity index (χ2n) is 5.54. The minimum Gasteiger partial charge on any atom is -0.497 e. The van der Waals surface area contributed by atoms with Crippen LogP contribution in [0.15, 0.2) is 52.5 Å². The molecule has 0 aliphatic carbocycles. The molecule has 1 aliphatic rings. The number of thioether (sulfide) groups is 1. The molecule has 0 unspecified atom stereocenters. The molecule has 0 N–H and O–H groups in total. The SMILES string of the molecule is CCN1C(=O)/C(=C(\C)c2ccc(OC)cc2)SC1=Nc1cccnc1Cl. The van der Waals surface area contributed by atoms with Crippen LogP contribution in [0.2, 0.25) is 5.15 Å². The van der Waals surface area contributed by atoms with Crippen molar-refractivity contribution < 1.29 is 9.53 Å². The third-order valence-electron chi connectivity index (χ3n) is 4.00. The molecule has 1 aromatic carbocycles. The number of aliphatic imine (C=N–C) groups is 1. The van der Waals surface area contributed by atoms with Crippen molar-refractivity contribution in [2.75, 3.05) is 13.7 Å². The summed E-state index contributed by atoms with van der Waals surface area (Å²) in [4.78, 5) is 23.7. The number of methoxy groups -OCH3 is 1. The van der Waals surface area contributed by atoms with Crippen LogP contribution >= 0.6 is 23.4 Å². The summed E-state index contributed by atoms with van der Waals surface area (Å²) in [7, 11) is 1.63. The molecule has 0 saturated carbocycles. The molecule has 26 heavy (non-hydrogen) atoms. The van der Waals surface area contributed by atoms with Gasteiger partial charge >= 0.3 is 0 Å². The standard InChI is InChI=1S/C19H18ClN3O2S/c1-4-23-18(24)16(12(2)13-7-9-14(25-3)10-8-13)26-19(23)22-15-6-5-11-21-17(15)20/h5-11H,4H2,1-3H3/b16-12-,22-19?. The van der Waals surface area contributed by atoms with Crippen LogP contribution in [-0.4, -0.2) is 34.6 Å². The van der Waals surface area contributed by atoms with E-state index in [2.05, 4.69) is 9.98 Å². The highest BCUT2D eigenvalue weighted by molar-refractivity contribution is 8.18. The average molecular weight is 388 g/mol. The Morgan fingerprint density at radius 3 is 2.65 bits per heavy atom. The summed E-state index contributed by atoms with van der Waals surface area (Å²) >= 11 is 7.45. The second-order valence-corrected chi connectivity index (χ2v) is 6.88. The van der Waals surface area contributed by atoms with E-state index in [0.717, 1.165) is 16.9 Å². The van der Waals surface area contributed by atoms with Gasteiger partial charge in [0, 0.05) is 12.7 Å². The fourth-order valence-electron chi connectivity index (χ4n) is 2.53. The van der Waals surface area contributed by atoms with E-state index in [9.17, 15) is 4.79 Å². The Labute approximate surface area is 161 Å². The van der Waals surface area contributed by atoms with E-state index in [-0.39, 0.29) is 5.91 Å². The molecule has 1 fully saturated rings. The van der Waals surface area contributed by atoms with Crippen LogP contribution in [0, 0.1) is 0 Å². The number of amides is 1. The molecule has 5 nitrogen and oxygen atoms in total. The first-order chi connectivity index (χ1) is 12.5. The molecule has 0 spiro atoms. The average Bonchev–Trinajstić information content (AvgIpc) is 2.98. The molecular formula is C19H18ClN3O2S. The van der Waals surface area contributed by atoms with Gasteiger partial charge in [-0.1, -0.05) is 23.7 Å². The number of allylic oxidation sites excluding steroid dienone is 1. The number of ether oxygens (including phenoxy) is 1. The lowest BCUT2D eigenvalue weighted by Crippen LogP contribution is -2.28. The van der Waals surface area contributed by atoms with Gasteiger partial charge in [-0.3, -0.25) is 9.69 Å². The summed E-state index contributed by atoms with van der Waals surface area (Å²) in [5.74, 6) is 0.727. The van der Waals surface area contributed by atoms with Crippen LogP contribution in [0.4, 0.5) is 5.69 Å². The summed E-state index contributed by atoms with van der Waals surface area (Å²) in [6, 6.07) is 11.2. The first-order valence-corrected chi connectivity index (χ1v) is 9.28. The molecule has 0 atom stereocenters. The number of amidine groups is 1.